The van der Waals surface area contributed by atoms with Crippen molar-refractivity contribution in [3.63, 3.8) is 0 Å². The molecule has 180 valence electrons. The molecule has 1 saturated carbocycles. The van der Waals surface area contributed by atoms with Crippen molar-refractivity contribution in [2.75, 3.05) is 18.4 Å². The molecule has 2 aliphatic rings. The average Bonchev–Trinajstić information content (AvgIpc) is 3.38. The Morgan fingerprint density at radius 3 is 2.56 bits per heavy atom. The van der Waals surface area contributed by atoms with Crippen molar-refractivity contribution in [2.24, 2.45) is 0 Å². The van der Waals surface area contributed by atoms with E-state index in [1.165, 1.54) is 0 Å². The third-order valence-electron chi connectivity index (χ3n) is 7.09. The summed E-state index contributed by atoms with van der Waals surface area (Å²) in [7, 11) is -3.50. The van der Waals surface area contributed by atoms with E-state index in [4.69, 9.17) is 4.98 Å². The molecular formula is C25H31N5O3S. The van der Waals surface area contributed by atoms with E-state index in [1.54, 1.807) is 34.8 Å². The van der Waals surface area contributed by atoms with Crippen LogP contribution in [0, 0.1) is 0 Å². The van der Waals surface area contributed by atoms with Gasteiger partial charge in [0.05, 0.1) is 4.90 Å². The summed E-state index contributed by atoms with van der Waals surface area (Å²) in [5, 5.41) is 4.24. The molecule has 1 saturated heterocycles. The largest absolute Gasteiger partial charge is 0.351 e. The van der Waals surface area contributed by atoms with Crippen LogP contribution in [0.3, 0.4) is 0 Å². The van der Waals surface area contributed by atoms with E-state index in [9.17, 15) is 13.2 Å². The number of pyridine rings is 1. The number of aromatic nitrogens is 3. The molecule has 0 amide bonds. The van der Waals surface area contributed by atoms with Gasteiger partial charge in [-0.25, -0.2) is 13.4 Å². The number of nitrogens with zero attached hydrogens (tertiary/aromatic N) is 4. The van der Waals surface area contributed by atoms with Crippen LogP contribution in [0.1, 0.15) is 57.1 Å². The topological polar surface area (TPSA) is 97.2 Å². The third-order valence-corrected chi connectivity index (χ3v) is 8.98. The zero-order valence-electron chi connectivity index (χ0n) is 19.5. The molecule has 0 radical (unpaired) electrons. The summed E-state index contributed by atoms with van der Waals surface area (Å²) in [6.45, 7) is 2.90. The minimum absolute atomic E-state index is 0.0188. The molecule has 0 spiro atoms. The molecule has 3 heterocycles. The summed E-state index contributed by atoms with van der Waals surface area (Å²) in [4.78, 5) is 22.2. The van der Waals surface area contributed by atoms with Crippen LogP contribution in [0.15, 0.2) is 52.3 Å². The van der Waals surface area contributed by atoms with E-state index in [0.717, 1.165) is 43.1 Å². The number of benzene rings is 1. The lowest BCUT2D eigenvalue weighted by atomic mass is 10.1. The number of nitrogens with one attached hydrogen (secondary N) is 1. The Kier molecular flexibility index (Phi) is 6.40. The van der Waals surface area contributed by atoms with Gasteiger partial charge < -0.3 is 5.32 Å². The lowest BCUT2D eigenvalue weighted by Crippen LogP contribution is -2.42. The second kappa shape index (κ2) is 9.46. The molecule has 1 aromatic carbocycles. The van der Waals surface area contributed by atoms with Crippen LogP contribution in [0.25, 0.3) is 11.0 Å². The zero-order chi connectivity index (χ0) is 23.7. The first-order valence-corrected chi connectivity index (χ1v) is 13.6. The molecule has 3 aromatic rings. The van der Waals surface area contributed by atoms with Crippen LogP contribution >= 0.6 is 0 Å². The molecular weight excluding hydrogens is 450 g/mol. The summed E-state index contributed by atoms with van der Waals surface area (Å²) in [5.74, 6) is 0.488. The quantitative estimate of drug-likeness (QED) is 0.576. The first kappa shape index (κ1) is 23.0. The predicted octanol–water partition coefficient (Wildman–Crippen LogP) is 3.73. The second-order valence-corrected chi connectivity index (χ2v) is 11.2. The van der Waals surface area contributed by atoms with Crippen molar-refractivity contribution in [2.45, 2.75) is 68.8 Å². The highest BCUT2D eigenvalue weighted by molar-refractivity contribution is 7.89. The predicted molar refractivity (Wildman–Crippen MR) is 133 cm³/mol. The molecule has 0 bridgehead atoms. The van der Waals surface area contributed by atoms with E-state index in [0.29, 0.717) is 42.4 Å². The van der Waals surface area contributed by atoms with Gasteiger partial charge in [-0.05, 0) is 55.9 Å². The number of hydrogen-bond donors (Lipinski definition) is 1. The molecule has 0 atom stereocenters. The van der Waals surface area contributed by atoms with Crippen molar-refractivity contribution in [1.82, 2.24) is 18.8 Å². The van der Waals surface area contributed by atoms with E-state index in [1.807, 2.05) is 23.6 Å². The van der Waals surface area contributed by atoms with Crippen molar-refractivity contribution < 1.29 is 8.42 Å². The van der Waals surface area contributed by atoms with Crippen molar-refractivity contribution >= 4 is 27.0 Å². The van der Waals surface area contributed by atoms with Crippen LogP contribution in [0.5, 0.6) is 0 Å². The van der Waals surface area contributed by atoms with Crippen LogP contribution < -0.4 is 10.9 Å². The number of piperidine rings is 1. The summed E-state index contributed by atoms with van der Waals surface area (Å²) in [6, 6.07) is 10.8. The van der Waals surface area contributed by atoms with Gasteiger partial charge in [0.25, 0.3) is 5.56 Å². The normalized spacial score (nSPS) is 18.5. The lowest BCUT2D eigenvalue weighted by molar-refractivity contribution is 0.329. The van der Waals surface area contributed by atoms with Gasteiger partial charge in [0.2, 0.25) is 16.0 Å². The van der Waals surface area contributed by atoms with Crippen LogP contribution in [-0.4, -0.2) is 46.4 Å². The standard InChI is InChI=1S/C25H31N5O3S/c1-2-18-6-5-9-22(16-18)34(32,33)29-14-12-20(13-15-29)27-25-26-17-19-10-11-23(31)30(24(19)28-25)21-7-3-4-8-21/h5-6,9-11,16-17,20-21H,2-4,7-8,12-15H2,1H3,(H,26,27,28). The Bertz CT molecular complexity index is 1340. The van der Waals surface area contributed by atoms with Crippen LogP contribution in [0.2, 0.25) is 0 Å². The van der Waals surface area contributed by atoms with E-state index in [2.05, 4.69) is 10.3 Å². The number of hydrogen-bond acceptors (Lipinski definition) is 6. The Labute approximate surface area is 200 Å². The molecule has 2 aromatic heterocycles. The Hall–Kier alpha value is -2.78. The van der Waals surface area contributed by atoms with Crippen molar-refractivity contribution in [1.29, 1.82) is 0 Å². The van der Waals surface area contributed by atoms with Gasteiger partial charge in [-0.15, -0.1) is 0 Å². The maximum Gasteiger partial charge on any atom is 0.252 e. The summed E-state index contributed by atoms with van der Waals surface area (Å²) < 4.78 is 29.6. The first-order chi connectivity index (χ1) is 16.5. The van der Waals surface area contributed by atoms with Gasteiger partial charge >= 0.3 is 0 Å². The summed E-state index contributed by atoms with van der Waals surface area (Å²) in [6.07, 6.45) is 8.16. The van der Waals surface area contributed by atoms with Crippen molar-refractivity contribution in [3.05, 3.63) is 58.5 Å². The first-order valence-electron chi connectivity index (χ1n) is 12.2. The highest BCUT2D eigenvalue weighted by atomic mass is 32.2. The van der Waals surface area contributed by atoms with Gasteiger partial charge in [-0.1, -0.05) is 31.9 Å². The van der Waals surface area contributed by atoms with E-state index < -0.39 is 10.0 Å². The summed E-state index contributed by atoms with van der Waals surface area (Å²) >= 11 is 0. The molecule has 1 aliphatic heterocycles. The smallest absolute Gasteiger partial charge is 0.252 e. The number of rotatable bonds is 6. The van der Waals surface area contributed by atoms with Gasteiger partial charge in [0, 0.05) is 42.8 Å². The number of anilines is 1. The summed E-state index contributed by atoms with van der Waals surface area (Å²) in [5.41, 5.74) is 1.67. The fourth-order valence-electron chi connectivity index (χ4n) is 5.12. The average molecular weight is 482 g/mol. The Balaban J connectivity index is 1.30. The van der Waals surface area contributed by atoms with E-state index in [-0.39, 0.29) is 17.6 Å². The highest BCUT2D eigenvalue weighted by Gasteiger charge is 2.30. The Morgan fingerprint density at radius 1 is 1.06 bits per heavy atom. The van der Waals surface area contributed by atoms with E-state index >= 15 is 0 Å². The van der Waals surface area contributed by atoms with Gasteiger partial charge in [-0.3, -0.25) is 9.36 Å². The molecule has 1 aliphatic carbocycles. The monoisotopic (exact) mass is 481 g/mol. The maximum atomic E-state index is 13.1. The fourth-order valence-corrected chi connectivity index (χ4v) is 6.66. The van der Waals surface area contributed by atoms with Crippen molar-refractivity contribution in [3.8, 4) is 0 Å². The molecule has 2 fully saturated rings. The molecule has 9 heteroatoms. The SMILES string of the molecule is CCc1cccc(S(=O)(=O)N2CCC(Nc3ncc4ccc(=O)n(C5CCCC5)c4n3)CC2)c1. The van der Waals surface area contributed by atoms with Crippen LogP contribution in [0.4, 0.5) is 5.95 Å². The fraction of sp³-hybridized carbons (Fsp3) is 0.480. The minimum Gasteiger partial charge on any atom is -0.351 e. The highest BCUT2D eigenvalue weighted by Crippen LogP contribution is 2.30. The molecule has 34 heavy (non-hydrogen) atoms. The number of sulfonamides is 1. The number of fused-ring (bicyclic) bond motifs is 1. The maximum absolute atomic E-state index is 13.1. The zero-order valence-corrected chi connectivity index (χ0v) is 20.3. The van der Waals surface area contributed by atoms with Crippen LogP contribution in [-0.2, 0) is 16.4 Å². The Morgan fingerprint density at radius 2 is 1.82 bits per heavy atom. The molecule has 5 rings (SSSR count). The van der Waals surface area contributed by atoms with Gasteiger partial charge in [-0.2, -0.15) is 9.29 Å². The molecule has 1 N–H and O–H groups in total. The molecule has 0 unspecified atom stereocenters. The third kappa shape index (κ3) is 4.46. The molecule has 8 nitrogen and oxygen atoms in total. The second-order valence-electron chi connectivity index (χ2n) is 9.28. The van der Waals surface area contributed by atoms with Gasteiger partial charge in [0.15, 0.2) is 0 Å². The van der Waals surface area contributed by atoms with Gasteiger partial charge in [0.1, 0.15) is 5.65 Å². The number of aryl methyl sites for hydroxylation is 1. The lowest BCUT2D eigenvalue weighted by Gasteiger charge is -2.31. The minimum atomic E-state index is -3.50.